The standard InChI is InChI=1S/C24H34N4O/c1-17(2)27-13-10-18(11-14-27)15-23-25-24(26-29-23)20-16-22(19-7-4-3-5-8-19)28-12-6-9-21(20)28/h3-5,7-8,17-18,20-22H,6,9-16H2,1-2H3/t20-,21+,22-/m0/s1. The zero-order valence-electron chi connectivity index (χ0n) is 17.8. The summed E-state index contributed by atoms with van der Waals surface area (Å²) in [6.07, 6.45) is 7.08. The largest absolute Gasteiger partial charge is 0.339 e. The Morgan fingerprint density at radius 2 is 1.86 bits per heavy atom. The fourth-order valence-corrected chi connectivity index (χ4v) is 5.87. The van der Waals surface area contributed by atoms with Crippen LogP contribution in [0.5, 0.6) is 0 Å². The highest BCUT2D eigenvalue weighted by Crippen LogP contribution is 2.48. The number of nitrogens with zero attached hydrogens (tertiary/aromatic N) is 4. The highest BCUT2D eigenvalue weighted by molar-refractivity contribution is 5.24. The Hall–Kier alpha value is -1.72. The second kappa shape index (κ2) is 8.19. The number of fused-ring (bicyclic) bond motifs is 1. The van der Waals surface area contributed by atoms with Crippen LogP contribution in [0.15, 0.2) is 34.9 Å². The van der Waals surface area contributed by atoms with Gasteiger partial charge < -0.3 is 9.42 Å². The Kier molecular flexibility index (Phi) is 5.44. The predicted molar refractivity (Wildman–Crippen MR) is 114 cm³/mol. The molecular formula is C24H34N4O. The van der Waals surface area contributed by atoms with Gasteiger partial charge in [0.15, 0.2) is 5.82 Å². The van der Waals surface area contributed by atoms with Crippen molar-refractivity contribution in [3.8, 4) is 0 Å². The summed E-state index contributed by atoms with van der Waals surface area (Å²) >= 11 is 0. The molecule has 0 radical (unpaired) electrons. The topological polar surface area (TPSA) is 45.4 Å². The summed E-state index contributed by atoms with van der Waals surface area (Å²) in [6, 6.07) is 12.7. The number of piperidine rings is 1. The Morgan fingerprint density at radius 3 is 2.62 bits per heavy atom. The first-order valence-corrected chi connectivity index (χ1v) is 11.6. The molecule has 5 heteroatoms. The average molecular weight is 395 g/mol. The zero-order chi connectivity index (χ0) is 19.8. The summed E-state index contributed by atoms with van der Waals surface area (Å²) < 4.78 is 5.75. The lowest BCUT2D eigenvalue weighted by molar-refractivity contribution is 0.145. The normalized spacial score (nSPS) is 29.0. The lowest BCUT2D eigenvalue weighted by Crippen LogP contribution is -2.38. The minimum atomic E-state index is 0.406. The average Bonchev–Trinajstić information content (AvgIpc) is 3.46. The molecule has 2 aromatic rings. The number of hydrogen-bond donors (Lipinski definition) is 0. The molecule has 0 saturated carbocycles. The van der Waals surface area contributed by atoms with E-state index in [4.69, 9.17) is 9.51 Å². The summed E-state index contributed by atoms with van der Waals surface area (Å²) in [5.41, 5.74) is 1.43. The van der Waals surface area contributed by atoms with Crippen LogP contribution in [0.3, 0.4) is 0 Å². The Labute approximate surface area is 174 Å². The predicted octanol–water partition coefficient (Wildman–Crippen LogP) is 4.43. The van der Waals surface area contributed by atoms with E-state index in [1.165, 1.54) is 50.9 Å². The van der Waals surface area contributed by atoms with Crippen molar-refractivity contribution < 1.29 is 4.52 Å². The summed E-state index contributed by atoms with van der Waals surface area (Å²) in [6.45, 7) is 8.17. The van der Waals surface area contributed by atoms with Crippen molar-refractivity contribution >= 4 is 0 Å². The maximum atomic E-state index is 5.75. The van der Waals surface area contributed by atoms with Crippen molar-refractivity contribution in [2.24, 2.45) is 5.92 Å². The van der Waals surface area contributed by atoms with Crippen LogP contribution in [0.4, 0.5) is 0 Å². The molecule has 0 N–H and O–H groups in total. The van der Waals surface area contributed by atoms with Gasteiger partial charge >= 0.3 is 0 Å². The number of rotatable bonds is 5. The van der Waals surface area contributed by atoms with Gasteiger partial charge in [-0.05, 0) is 77.1 Å². The van der Waals surface area contributed by atoms with E-state index in [1.54, 1.807) is 0 Å². The minimum Gasteiger partial charge on any atom is -0.339 e. The minimum absolute atomic E-state index is 0.406. The molecule has 3 aliphatic heterocycles. The number of likely N-dealkylation sites (tertiary alicyclic amines) is 1. The van der Waals surface area contributed by atoms with Gasteiger partial charge in [-0.3, -0.25) is 4.90 Å². The van der Waals surface area contributed by atoms with Gasteiger partial charge in [-0.1, -0.05) is 35.5 Å². The number of benzene rings is 1. The lowest BCUT2D eigenvalue weighted by atomic mass is 9.92. The SMILES string of the molecule is CC(C)N1CCC(Cc2nc([C@H]3C[C@@H](c4ccccc4)N4CCC[C@H]34)no2)CC1. The summed E-state index contributed by atoms with van der Waals surface area (Å²) in [4.78, 5) is 10.2. The zero-order valence-corrected chi connectivity index (χ0v) is 17.8. The van der Waals surface area contributed by atoms with Gasteiger partial charge in [-0.25, -0.2) is 0 Å². The first kappa shape index (κ1) is 19.3. The second-order valence-electron chi connectivity index (χ2n) is 9.54. The first-order chi connectivity index (χ1) is 14.2. The summed E-state index contributed by atoms with van der Waals surface area (Å²) in [5.74, 6) is 2.90. The van der Waals surface area contributed by atoms with Gasteiger partial charge in [0.05, 0.1) is 0 Å². The van der Waals surface area contributed by atoms with Gasteiger partial charge in [-0.2, -0.15) is 4.98 Å². The van der Waals surface area contributed by atoms with Gasteiger partial charge in [0, 0.05) is 30.5 Å². The third kappa shape index (κ3) is 3.87. The molecule has 29 heavy (non-hydrogen) atoms. The van der Waals surface area contributed by atoms with Crippen LogP contribution in [0.1, 0.15) is 75.2 Å². The Balaban J connectivity index is 1.26. The molecule has 5 rings (SSSR count). The van der Waals surface area contributed by atoms with Crippen LogP contribution >= 0.6 is 0 Å². The summed E-state index contributed by atoms with van der Waals surface area (Å²) in [7, 11) is 0. The van der Waals surface area contributed by atoms with Crippen molar-refractivity contribution in [2.45, 2.75) is 76.4 Å². The van der Waals surface area contributed by atoms with Crippen molar-refractivity contribution in [1.82, 2.24) is 19.9 Å². The van der Waals surface area contributed by atoms with Crippen LogP contribution in [-0.2, 0) is 6.42 Å². The smallest absolute Gasteiger partial charge is 0.226 e. The molecule has 0 unspecified atom stereocenters. The highest BCUT2D eigenvalue weighted by atomic mass is 16.5. The molecule has 156 valence electrons. The second-order valence-corrected chi connectivity index (χ2v) is 9.54. The van der Waals surface area contributed by atoms with Crippen molar-refractivity contribution in [3.63, 3.8) is 0 Å². The van der Waals surface area contributed by atoms with Crippen molar-refractivity contribution in [3.05, 3.63) is 47.6 Å². The Morgan fingerprint density at radius 1 is 1.07 bits per heavy atom. The molecule has 4 heterocycles. The van der Waals surface area contributed by atoms with E-state index in [1.807, 2.05) is 0 Å². The van der Waals surface area contributed by atoms with E-state index in [0.29, 0.717) is 30.0 Å². The van der Waals surface area contributed by atoms with E-state index in [0.717, 1.165) is 24.6 Å². The lowest BCUT2D eigenvalue weighted by Gasteiger charge is -2.34. The monoisotopic (exact) mass is 394 g/mol. The van der Waals surface area contributed by atoms with E-state index in [-0.39, 0.29) is 0 Å². The van der Waals surface area contributed by atoms with Crippen molar-refractivity contribution in [2.75, 3.05) is 19.6 Å². The fraction of sp³-hybridized carbons (Fsp3) is 0.667. The van der Waals surface area contributed by atoms with E-state index >= 15 is 0 Å². The molecule has 0 spiro atoms. The highest BCUT2D eigenvalue weighted by Gasteiger charge is 2.46. The third-order valence-corrected chi connectivity index (χ3v) is 7.53. The molecule has 3 atom stereocenters. The number of aromatic nitrogens is 2. The quantitative estimate of drug-likeness (QED) is 0.751. The van der Waals surface area contributed by atoms with E-state index in [9.17, 15) is 0 Å². The van der Waals surface area contributed by atoms with Crippen LogP contribution in [0.25, 0.3) is 0 Å². The van der Waals surface area contributed by atoms with Gasteiger partial charge in [0.1, 0.15) is 0 Å². The number of hydrogen-bond acceptors (Lipinski definition) is 5. The fourth-order valence-electron chi connectivity index (χ4n) is 5.87. The maximum Gasteiger partial charge on any atom is 0.226 e. The molecule has 3 saturated heterocycles. The molecule has 0 aliphatic carbocycles. The molecule has 3 aliphatic rings. The third-order valence-electron chi connectivity index (χ3n) is 7.53. The van der Waals surface area contributed by atoms with Gasteiger partial charge in [0.2, 0.25) is 5.89 Å². The molecule has 0 amide bonds. The van der Waals surface area contributed by atoms with E-state index in [2.05, 4.69) is 59.1 Å². The molecular weight excluding hydrogens is 360 g/mol. The van der Waals surface area contributed by atoms with Crippen LogP contribution < -0.4 is 0 Å². The maximum absolute atomic E-state index is 5.75. The van der Waals surface area contributed by atoms with Crippen molar-refractivity contribution in [1.29, 1.82) is 0 Å². The van der Waals surface area contributed by atoms with Crippen LogP contribution in [0.2, 0.25) is 0 Å². The Bertz CT molecular complexity index is 796. The molecule has 1 aromatic heterocycles. The van der Waals surface area contributed by atoms with E-state index < -0.39 is 0 Å². The molecule has 1 aromatic carbocycles. The van der Waals surface area contributed by atoms with Crippen LogP contribution in [-0.4, -0.2) is 51.7 Å². The van der Waals surface area contributed by atoms with Gasteiger partial charge in [0.25, 0.3) is 0 Å². The molecule has 0 bridgehead atoms. The molecule has 5 nitrogen and oxygen atoms in total. The molecule has 3 fully saturated rings. The summed E-state index contributed by atoms with van der Waals surface area (Å²) in [5, 5.41) is 4.47. The first-order valence-electron chi connectivity index (χ1n) is 11.6. The van der Waals surface area contributed by atoms with Gasteiger partial charge in [-0.15, -0.1) is 0 Å². The van der Waals surface area contributed by atoms with Crippen LogP contribution in [0, 0.1) is 5.92 Å².